The van der Waals surface area contributed by atoms with Gasteiger partial charge < -0.3 is 4.52 Å². The molecule has 0 fully saturated rings. The first-order chi connectivity index (χ1) is 6.41. The maximum atomic E-state index is 10.00. The molecule has 1 unspecified atom stereocenters. The van der Waals surface area contributed by atoms with Gasteiger partial charge in [0.25, 0.3) is 0 Å². The van der Waals surface area contributed by atoms with Gasteiger partial charge in [-0.25, -0.2) is 0 Å². The maximum absolute atomic E-state index is 10.00. The molecule has 0 rings (SSSR count). The van der Waals surface area contributed by atoms with Crippen molar-refractivity contribution in [3.8, 4) is 0 Å². The summed E-state index contributed by atoms with van der Waals surface area (Å²) in [6.07, 6.45) is 10.4. The Bertz CT molecular complexity index is 112. The SMILES string of the molecule is CCCCCCCCCCO[PH2]=O.[NaH]. The molecule has 0 amide bonds. The van der Waals surface area contributed by atoms with Crippen LogP contribution in [0.5, 0.6) is 0 Å². The molecule has 0 saturated heterocycles. The van der Waals surface area contributed by atoms with Crippen molar-refractivity contribution in [3.63, 3.8) is 0 Å². The van der Waals surface area contributed by atoms with E-state index in [9.17, 15) is 4.57 Å². The van der Waals surface area contributed by atoms with Gasteiger partial charge in [-0.15, -0.1) is 0 Å². The summed E-state index contributed by atoms with van der Waals surface area (Å²) in [4.78, 5) is 0. The Balaban J connectivity index is 0. The fraction of sp³-hybridized carbons (Fsp3) is 1.00. The number of unbranched alkanes of at least 4 members (excludes halogenated alkanes) is 7. The Morgan fingerprint density at radius 3 is 1.93 bits per heavy atom. The number of rotatable bonds is 10. The zero-order valence-corrected chi connectivity index (χ0v) is 9.91. The van der Waals surface area contributed by atoms with Crippen LogP contribution >= 0.6 is 8.69 Å². The van der Waals surface area contributed by atoms with Gasteiger partial charge in [0, 0.05) is 0 Å². The van der Waals surface area contributed by atoms with Crippen LogP contribution in [0.3, 0.4) is 0 Å². The molecular weight excluding hydrogens is 206 g/mol. The van der Waals surface area contributed by atoms with Gasteiger partial charge in [0.05, 0.1) is 6.61 Å². The summed E-state index contributed by atoms with van der Waals surface area (Å²) in [5.41, 5.74) is 0. The fourth-order valence-electron chi connectivity index (χ4n) is 1.37. The van der Waals surface area contributed by atoms with Gasteiger partial charge in [0.15, 0.2) is 8.69 Å². The zero-order chi connectivity index (χ0) is 9.78. The molecule has 0 aliphatic carbocycles. The summed E-state index contributed by atoms with van der Waals surface area (Å²) >= 11 is 0. The van der Waals surface area contributed by atoms with Crippen molar-refractivity contribution < 1.29 is 9.09 Å². The van der Waals surface area contributed by atoms with Gasteiger partial charge in [0.2, 0.25) is 0 Å². The van der Waals surface area contributed by atoms with Crippen LogP contribution in [0.1, 0.15) is 58.3 Å². The van der Waals surface area contributed by atoms with E-state index >= 15 is 0 Å². The fourth-order valence-corrected chi connectivity index (χ4v) is 1.63. The van der Waals surface area contributed by atoms with Crippen LogP contribution in [-0.4, -0.2) is 36.2 Å². The predicted molar refractivity (Wildman–Crippen MR) is 66.1 cm³/mol. The van der Waals surface area contributed by atoms with Gasteiger partial charge in [-0.3, -0.25) is 4.57 Å². The molecule has 14 heavy (non-hydrogen) atoms. The van der Waals surface area contributed by atoms with E-state index in [1.807, 2.05) is 0 Å². The van der Waals surface area contributed by atoms with Crippen molar-refractivity contribution in [2.75, 3.05) is 6.61 Å². The van der Waals surface area contributed by atoms with Crippen LogP contribution in [0.15, 0.2) is 0 Å². The van der Waals surface area contributed by atoms with E-state index in [2.05, 4.69) is 6.92 Å². The minimum absolute atomic E-state index is 0. The summed E-state index contributed by atoms with van der Waals surface area (Å²) in [7, 11) is -0.983. The minimum atomic E-state index is -0.983. The number of hydrogen-bond donors (Lipinski definition) is 0. The van der Waals surface area contributed by atoms with Gasteiger partial charge in [0.1, 0.15) is 0 Å². The van der Waals surface area contributed by atoms with Crippen molar-refractivity contribution in [3.05, 3.63) is 0 Å². The Hall–Kier alpha value is 1.19. The average molecular weight is 230 g/mol. The van der Waals surface area contributed by atoms with Crippen LogP contribution in [0.25, 0.3) is 0 Å². The standard InChI is InChI=1S/C10H23O2P.Na.H/c1-2-3-4-5-6-7-8-9-10-12-13-11;;/h2-10,13H2,1H3;;. The van der Waals surface area contributed by atoms with E-state index in [4.69, 9.17) is 4.52 Å². The molecule has 0 aromatic heterocycles. The molecule has 0 heterocycles. The third-order valence-corrected chi connectivity index (χ3v) is 2.56. The Morgan fingerprint density at radius 1 is 0.929 bits per heavy atom. The first-order valence-corrected chi connectivity index (χ1v) is 6.41. The van der Waals surface area contributed by atoms with Crippen molar-refractivity contribution in [1.82, 2.24) is 0 Å². The summed E-state index contributed by atoms with van der Waals surface area (Å²) < 4.78 is 14.8. The molecule has 0 saturated carbocycles. The predicted octanol–water partition coefficient (Wildman–Crippen LogP) is 3.17. The van der Waals surface area contributed by atoms with E-state index < -0.39 is 8.69 Å². The summed E-state index contributed by atoms with van der Waals surface area (Å²) in [5, 5.41) is 0. The molecule has 0 spiro atoms. The second-order valence-electron chi connectivity index (χ2n) is 3.44. The molecule has 82 valence electrons. The van der Waals surface area contributed by atoms with E-state index in [1.165, 1.54) is 44.9 Å². The molecule has 2 nitrogen and oxygen atoms in total. The van der Waals surface area contributed by atoms with E-state index in [0.717, 1.165) is 6.42 Å². The van der Waals surface area contributed by atoms with Gasteiger partial charge in [-0.05, 0) is 6.42 Å². The Kier molecular flexibility index (Phi) is 20.9. The van der Waals surface area contributed by atoms with E-state index in [0.29, 0.717) is 6.61 Å². The van der Waals surface area contributed by atoms with E-state index in [1.54, 1.807) is 0 Å². The molecule has 4 heteroatoms. The van der Waals surface area contributed by atoms with Crippen molar-refractivity contribution in [2.45, 2.75) is 58.3 Å². The van der Waals surface area contributed by atoms with Gasteiger partial charge in [-0.2, -0.15) is 0 Å². The summed E-state index contributed by atoms with van der Waals surface area (Å²) in [6.45, 7) is 2.93. The molecule has 0 radical (unpaired) electrons. The van der Waals surface area contributed by atoms with Crippen molar-refractivity contribution in [2.24, 2.45) is 0 Å². The molecule has 1 atom stereocenters. The Morgan fingerprint density at radius 2 is 1.43 bits per heavy atom. The van der Waals surface area contributed by atoms with Crippen LogP contribution in [-0.2, 0) is 9.09 Å². The van der Waals surface area contributed by atoms with Crippen LogP contribution in [0, 0.1) is 0 Å². The zero-order valence-electron chi connectivity index (χ0n) is 8.76. The molecule has 0 aromatic carbocycles. The topological polar surface area (TPSA) is 26.3 Å². The van der Waals surface area contributed by atoms with Gasteiger partial charge >= 0.3 is 29.6 Å². The molecule has 0 N–H and O–H groups in total. The second-order valence-corrected chi connectivity index (χ2v) is 3.97. The van der Waals surface area contributed by atoms with Crippen LogP contribution in [0.2, 0.25) is 0 Å². The monoisotopic (exact) mass is 230 g/mol. The first kappa shape index (κ1) is 17.6. The third kappa shape index (κ3) is 15.7. The molecular formula is C10H24NaO2P. The normalized spacial score (nSPS) is 10.6. The Labute approximate surface area is 112 Å². The first-order valence-electron chi connectivity index (χ1n) is 5.47. The van der Waals surface area contributed by atoms with Crippen LogP contribution in [0.4, 0.5) is 0 Å². The molecule has 0 aromatic rings. The van der Waals surface area contributed by atoms with Crippen LogP contribution < -0.4 is 0 Å². The van der Waals surface area contributed by atoms with E-state index in [-0.39, 0.29) is 29.6 Å². The van der Waals surface area contributed by atoms with Crippen molar-refractivity contribution >= 4 is 38.2 Å². The van der Waals surface area contributed by atoms with Gasteiger partial charge in [-0.1, -0.05) is 51.9 Å². The molecule has 0 aliphatic rings. The van der Waals surface area contributed by atoms with Crippen molar-refractivity contribution in [1.29, 1.82) is 0 Å². The molecule has 0 aliphatic heterocycles. The second kappa shape index (κ2) is 16.6. The number of hydrogen-bond acceptors (Lipinski definition) is 2. The summed E-state index contributed by atoms with van der Waals surface area (Å²) in [5.74, 6) is 0. The summed E-state index contributed by atoms with van der Waals surface area (Å²) in [6, 6.07) is 0. The quantitative estimate of drug-likeness (QED) is 0.327. The third-order valence-electron chi connectivity index (χ3n) is 2.18. The molecule has 0 bridgehead atoms. The average Bonchev–Trinajstić information content (AvgIpc) is 2.16.